The fourth-order valence-corrected chi connectivity index (χ4v) is 5.31. The third-order valence-electron chi connectivity index (χ3n) is 7.12. The van der Waals surface area contributed by atoms with Crippen LogP contribution in [0.25, 0.3) is 43.1 Å². The molecule has 5 rings (SSSR count). The topological polar surface area (TPSA) is 0 Å². The molecule has 0 unspecified atom stereocenters. The number of benzene rings is 5. The molecule has 0 bridgehead atoms. The van der Waals surface area contributed by atoms with Crippen LogP contribution in [0.3, 0.4) is 0 Å². The molecular weight excluding hydrogens is 384 g/mol. The molecule has 0 aliphatic rings. The minimum atomic E-state index is 1.20. The van der Waals surface area contributed by atoms with E-state index in [9.17, 15) is 0 Å². The van der Waals surface area contributed by atoms with E-state index in [1.807, 2.05) is 0 Å². The molecular formula is C32H34. The number of unbranched alkanes of at least 4 members (excludes halogenated alkanes) is 7. The van der Waals surface area contributed by atoms with Crippen LogP contribution in [0.1, 0.15) is 63.9 Å². The highest BCUT2D eigenvalue weighted by Gasteiger charge is 2.08. The zero-order chi connectivity index (χ0) is 21.8. The molecule has 0 N–H and O–H groups in total. The van der Waals surface area contributed by atoms with Gasteiger partial charge in [0, 0.05) is 0 Å². The minimum Gasteiger partial charge on any atom is -0.0654 e. The first-order chi connectivity index (χ1) is 15.8. The molecule has 0 aliphatic heterocycles. The lowest BCUT2D eigenvalue weighted by Crippen LogP contribution is -1.88. The first-order valence-electron chi connectivity index (χ1n) is 12.6. The second-order valence-corrected chi connectivity index (χ2v) is 9.39. The number of aryl methyl sites for hydroxylation is 1. The van der Waals surface area contributed by atoms with E-state index in [4.69, 9.17) is 0 Å². The summed E-state index contributed by atoms with van der Waals surface area (Å²) >= 11 is 0. The lowest BCUT2D eigenvalue weighted by molar-refractivity contribution is 0.575. The highest BCUT2D eigenvalue weighted by molar-refractivity contribution is 6.22. The van der Waals surface area contributed by atoms with Crippen LogP contribution in [0.2, 0.25) is 0 Å². The summed E-state index contributed by atoms with van der Waals surface area (Å²) in [6, 6.07) is 29.7. The van der Waals surface area contributed by atoms with E-state index in [-0.39, 0.29) is 0 Å². The quantitative estimate of drug-likeness (QED) is 0.165. The van der Waals surface area contributed by atoms with Gasteiger partial charge in [-0.1, -0.05) is 131 Å². The van der Waals surface area contributed by atoms with Gasteiger partial charge < -0.3 is 0 Å². The molecule has 0 nitrogen and oxygen atoms in total. The maximum Gasteiger partial charge on any atom is -0.00987 e. The summed E-state index contributed by atoms with van der Waals surface area (Å²) in [6.07, 6.45) is 12.3. The molecule has 0 heteroatoms. The van der Waals surface area contributed by atoms with Crippen molar-refractivity contribution in [3.63, 3.8) is 0 Å². The first-order valence-corrected chi connectivity index (χ1v) is 12.6. The van der Waals surface area contributed by atoms with E-state index >= 15 is 0 Å². The van der Waals surface area contributed by atoms with Crippen molar-refractivity contribution in [3.05, 3.63) is 84.4 Å². The Morgan fingerprint density at radius 2 is 0.969 bits per heavy atom. The Kier molecular flexibility index (Phi) is 6.39. The molecule has 0 saturated heterocycles. The van der Waals surface area contributed by atoms with Crippen LogP contribution in [0.4, 0.5) is 0 Å². The Labute approximate surface area is 192 Å². The maximum absolute atomic E-state index is 2.42. The Morgan fingerprint density at radius 3 is 1.72 bits per heavy atom. The second-order valence-electron chi connectivity index (χ2n) is 9.39. The summed E-state index contributed by atoms with van der Waals surface area (Å²) in [4.78, 5) is 0. The second kappa shape index (κ2) is 9.74. The van der Waals surface area contributed by atoms with Gasteiger partial charge in [-0.25, -0.2) is 0 Å². The van der Waals surface area contributed by atoms with Crippen molar-refractivity contribution in [2.24, 2.45) is 0 Å². The van der Waals surface area contributed by atoms with E-state index < -0.39 is 0 Å². The van der Waals surface area contributed by atoms with Gasteiger partial charge in [0.1, 0.15) is 0 Å². The molecule has 162 valence electrons. The highest BCUT2D eigenvalue weighted by Crippen LogP contribution is 2.35. The van der Waals surface area contributed by atoms with Crippen LogP contribution in [-0.4, -0.2) is 0 Å². The molecule has 5 aromatic rings. The van der Waals surface area contributed by atoms with Crippen LogP contribution in [-0.2, 0) is 6.42 Å². The molecule has 0 fully saturated rings. The fourth-order valence-electron chi connectivity index (χ4n) is 5.31. The van der Waals surface area contributed by atoms with Crippen LogP contribution in [0.15, 0.2) is 78.9 Å². The van der Waals surface area contributed by atoms with Gasteiger partial charge in [0.25, 0.3) is 0 Å². The van der Waals surface area contributed by atoms with E-state index in [0.717, 1.165) is 0 Å². The predicted octanol–water partition coefficient (Wildman–Crippen LogP) is 9.98. The van der Waals surface area contributed by atoms with Crippen LogP contribution < -0.4 is 0 Å². The molecule has 32 heavy (non-hydrogen) atoms. The molecule has 0 spiro atoms. The van der Waals surface area contributed by atoms with E-state index in [1.54, 1.807) is 0 Å². The van der Waals surface area contributed by atoms with Crippen molar-refractivity contribution in [2.45, 2.75) is 64.7 Å². The van der Waals surface area contributed by atoms with Gasteiger partial charge in [-0.15, -0.1) is 0 Å². The van der Waals surface area contributed by atoms with Crippen molar-refractivity contribution >= 4 is 43.1 Å². The monoisotopic (exact) mass is 418 g/mol. The van der Waals surface area contributed by atoms with Crippen molar-refractivity contribution in [3.8, 4) is 0 Å². The van der Waals surface area contributed by atoms with Crippen LogP contribution in [0, 0.1) is 0 Å². The van der Waals surface area contributed by atoms with Gasteiger partial charge >= 0.3 is 0 Å². The summed E-state index contributed by atoms with van der Waals surface area (Å²) in [6.45, 7) is 2.29. The Bertz CT molecular complexity index is 1360. The largest absolute Gasteiger partial charge is 0.0654 e. The number of rotatable bonds is 9. The standard InChI is InChI=1S/C32H34/c1-2-3-4-5-6-7-8-9-12-24-15-18-28-26(23-24)17-20-32-30(28)22-21-29-27-14-11-10-13-25(27)16-19-31(29)32/h10-11,13-23H,2-9,12H2,1H3. The molecule has 0 aromatic heterocycles. The zero-order valence-corrected chi connectivity index (χ0v) is 19.4. The predicted molar refractivity (Wildman–Crippen MR) is 143 cm³/mol. The number of hydrogen-bond donors (Lipinski definition) is 0. The summed E-state index contributed by atoms with van der Waals surface area (Å²) in [7, 11) is 0. The molecule has 0 radical (unpaired) electrons. The normalized spacial score (nSPS) is 11.8. The van der Waals surface area contributed by atoms with Gasteiger partial charge in [0.15, 0.2) is 0 Å². The molecule has 0 atom stereocenters. The van der Waals surface area contributed by atoms with Gasteiger partial charge in [-0.2, -0.15) is 0 Å². The van der Waals surface area contributed by atoms with E-state index in [1.165, 1.54) is 106 Å². The molecule has 0 saturated carbocycles. The first kappa shape index (κ1) is 21.0. The SMILES string of the molecule is CCCCCCCCCCc1ccc2c(ccc3c2ccc2c4ccccc4ccc23)c1. The van der Waals surface area contributed by atoms with Crippen LogP contribution in [0.5, 0.6) is 0 Å². The van der Waals surface area contributed by atoms with Crippen molar-refractivity contribution in [2.75, 3.05) is 0 Å². The lowest BCUT2D eigenvalue weighted by Gasteiger charge is -2.11. The van der Waals surface area contributed by atoms with Gasteiger partial charge in [0.2, 0.25) is 0 Å². The Hall–Kier alpha value is -2.86. The zero-order valence-electron chi connectivity index (χ0n) is 19.4. The summed E-state index contributed by atoms with van der Waals surface area (Å²) < 4.78 is 0. The third-order valence-corrected chi connectivity index (χ3v) is 7.12. The smallest absolute Gasteiger partial charge is 0.00987 e. The summed E-state index contributed by atoms with van der Waals surface area (Å²) in [5, 5.41) is 10.8. The Morgan fingerprint density at radius 1 is 0.438 bits per heavy atom. The van der Waals surface area contributed by atoms with E-state index in [2.05, 4.69) is 85.8 Å². The molecule has 0 heterocycles. The van der Waals surface area contributed by atoms with Crippen molar-refractivity contribution in [1.82, 2.24) is 0 Å². The van der Waals surface area contributed by atoms with E-state index in [0.29, 0.717) is 0 Å². The van der Waals surface area contributed by atoms with Gasteiger partial charge in [-0.3, -0.25) is 0 Å². The Balaban J connectivity index is 1.36. The molecule has 0 aliphatic carbocycles. The lowest BCUT2D eigenvalue weighted by atomic mass is 9.93. The number of fused-ring (bicyclic) bond motifs is 7. The molecule has 0 amide bonds. The minimum absolute atomic E-state index is 1.20. The average molecular weight is 419 g/mol. The third kappa shape index (κ3) is 4.24. The molecule has 5 aromatic carbocycles. The summed E-state index contributed by atoms with van der Waals surface area (Å²) in [5.74, 6) is 0. The number of hydrogen-bond acceptors (Lipinski definition) is 0. The van der Waals surface area contributed by atoms with Crippen LogP contribution >= 0.6 is 0 Å². The van der Waals surface area contributed by atoms with Gasteiger partial charge in [0.05, 0.1) is 0 Å². The van der Waals surface area contributed by atoms with Crippen molar-refractivity contribution < 1.29 is 0 Å². The highest BCUT2D eigenvalue weighted by atomic mass is 14.1. The average Bonchev–Trinajstić information content (AvgIpc) is 2.84. The fraction of sp³-hybridized carbons (Fsp3) is 0.312. The summed E-state index contributed by atoms with van der Waals surface area (Å²) in [5.41, 5.74) is 1.48. The van der Waals surface area contributed by atoms with Crippen molar-refractivity contribution in [1.29, 1.82) is 0 Å². The van der Waals surface area contributed by atoms with Gasteiger partial charge in [-0.05, 0) is 61.5 Å². The maximum atomic E-state index is 2.42.